The maximum Gasteiger partial charge on any atom is 0.127 e. The third-order valence-corrected chi connectivity index (χ3v) is 3.65. The molecule has 1 aliphatic carbocycles. The molecule has 2 N–H and O–H groups in total. The van der Waals surface area contributed by atoms with Crippen molar-refractivity contribution in [1.82, 2.24) is 0 Å². The van der Waals surface area contributed by atoms with E-state index in [9.17, 15) is 4.39 Å². The molecular weight excluding hydrogens is 189 g/mol. The summed E-state index contributed by atoms with van der Waals surface area (Å²) >= 11 is 0. The van der Waals surface area contributed by atoms with E-state index in [2.05, 4.69) is 0 Å². The lowest BCUT2D eigenvalue weighted by atomic mass is 9.69. The summed E-state index contributed by atoms with van der Waals surface area (Å²) < 4.78 is 13.8. The number of hydrogen-bond acceptors (Lipinski definition) is 1. The lowest BCUT2D eigenvalue weighted by Crippen LogP contribution is -2.37. The van der Waals surface area contributed by atoms with E-state index in [0.717, 1.165) is 18.4 Å². The van der Waals surface area contributed by atoms with Gasteiger partial charge in [0.25, 0.3) is 0 Å². The Bertz CT molecular complexity index is 329. The summed E-state index contributed by atoms with van der Waals surface area (Å²) in [4.78, 5) is 0. The zero-order valence-electron chi connectivity index (χ0n) is 9.01. The van der Waals surface area contributed by atoms with Crippen LogP contribution in [0.15, 0.2) is 24.3 Å². The predicted molar refractivity (Wildman–Crippen MR) is 60.2 cm³/mol. The van der Waals surface area contributed by atoms with Crippen LogP contribution in [-0.4, -0.2) is 6.54 Å². The Hall–Kier alpha value is -0.890. The van der Waals surface area contributed by atoms with Crippen LogP contribution in [0.4, 0.5) is 4.39 Å². The molecular formula is C13H18FN. The van der Waals surface area contributed by atoms with Gasteiger partial charge in [-0.25, -0.2) is 4.39 Å². The number of halogens is 1. The minimum atomic E-state index is -0.0937. The smallest absolute Gasteiger partial charge is 0.127 e. The first-order valence-electron chi connectivity index (χ1n) is 5.74. The molecule has 0 bridgehead atoms. The first kappa shape index (κ1) is 10.6. The molecule has 0 spiro atoms. The molecule has 15 heavy (non-hydrogen) atoms. The summed E-state index contributed by atoms with van der Waals surface area (Å²) in [6.45, 7) is 0.563. The van der Waals surface area contributed by atoms with Gasteiger partial charge in [-0.05, 0) is 24.5 Å². The molecule has 1 nitrogen and oxygen atoms in total. The third-order valence-electron chi connectivity index (χ3n) is 3.65. The molecule has 82 valence electrons. The largest absolute Gasteiger partial charge is 0.330 e. The summed E-state index contributed by atoms with van der Waals surface area (Å²) in [5, 5.41) is 0. The van der Waals surface area contributed by atoms with E-state index >= 15 is 0 Å². The summed E-state index contributed by atoms with van der Waals surface area (Å²) in [5.74, 6) is -0.0927. The van der Waals surface area contributed by atoms with Crippen LogP contribution < -0.4 is 5.73 Å². The number of hydrogen-bond donors (Lipinski definition) is 1. The molecule has 1 fully saturated rings. The van der Waals surface area contributed by atoms with Gasteiger partial charge in [0.2, 0.25) is 0 Å². The molecule has 0 radical (unpaired) electrons. The van der Waals surface area contributed by atoms with Crippen LogP contribution >= 0.6 is 0 Å². The van der Waals surface area contributed by atoms with Crippen molar-refractivity contribution in [3.63, 3.8) is 0 Å². The van der Waals surface area contributed by atoms with Gasteiger partial charge in [-0.15, -0.1) is 0 Å². The van der Waals surface area contributed by atoms with Crippen molar-refractivity contribution < 1.29 is 4.39 Å². The Balaban J connectivity index is 2.36. The second-order valence-electron chi connectivity index (χ2n) is 4.52. The molecule has 0 saturated heterocycles. The van der Waals surface area contributed by atoms with Crippen molar-refractivity contribution in [1.29, 1.82) is 0 Å². The fourth-order valence-corrected chi connectivity index (χ4v) is 2.70. The first-order chi connectivity index (χ1) is 7.28. The molecule has 1 aromatic rings. The fourth-order valence-electron chi connectivity index (χ4n) is 2.70. The Morgan fingerprint density at radius 2 is 1.80 bits per heavy atom. The second-order valence-corrected chi connectivity index (χ2v) is 4.52. The van der Waals surface area contributed by atoms with Gasteiger partial charge in [-0.2, -0.15) is 0 Å². The first-order valence-corrected chi connectivity index (χ1v) is 5.74. The summed E-state index contributed by atoms with van der Waals surface area (Å²) in [6, 6.07) is 7.09. The highest BCUT2D eigenvalue weighted by Crippen LogP contribution is 2.39. The molecule has 0 atom stereocenters. The Kier molecular flexibility index (Phi) is 3.06. The van der Waals surface area contributed by atoms with Gasteiger partial charge in [0, 0.05) is 12.0 Å². The van der Waals surface area contributed by atoms with Crippen molar-refractivity contribution in [2.45, 2.75) is 37.5 Å². The van der Waals surface area contributed by atoms with E-state index in [1.165, 1.54) is 19.3 Å². The van der Waals surface area contributed by atoms with Crippen LogP contribution in [-0.2, 0) is 5.41 Å². The van der Waals surface area contributed by atoms with Gasteiger partial charge in [-0.3, -0.25) is 0 Å². The van der Waals surface area contributed by atoms with Crippen LogP contribution in [0.3, 0.4) is 0 Å². The molecule has 1 aromatic carbocycles. The highest BCUT2D eigenvalue weighted by Gasteiger charge is 2.34. The maximum atomic E-state index is 13.8. The normalized spacial score (nSPS) is 20.1. The van der Waals surface area contributed by atoms with E-state index < -0.39 is 0 Å². The van der Waals surface area contributed by atoms with E-state index in [1.807, 2.05) is 12.1 Å². The molecule has 0 aromatic heterocycles. The zero-order valence-corrected chi connectivity index (χ0v) is 9.01. The minimum Gasteiger partial charge on any atom is -0.330 e. The summed E-state index contributed by atoms with van der Waals surface area (Å²) in [7, 11) is 0. The topological polar surface area (TPSA) is 26.0 Å². The molecule has 1 aliphatic rings. The lowest BCUT2D eigenvalue weighted by Gasteiger charge is -2.36. The van der Waals surface area contributed by atoms with Gasteiger partial charge in [0.1, 0.15) is 5.82 Å². The van der Waals surface area contributed by atoms with Gasteiger partial charge in [0.05, 0.1) is 0 Å². The van der Waals surface area contributed by atoms with E-state index in [1.54, 1.807) is 12.1 Å². The highest BCUT2D eigenvalue weighted by molar-refractivity contribution is 5.28. The SMILES string of the molecule is NCC1(c2ccccc2F)CCCCC1. The average Bonchev–Trinajstić information content (AvgIpc) is 2.30. The van der Waals surface area contributed by atoms with E-state index in [-0.39, 0.29) is 11.2 Å². The minimum absolute atomic E-state index is 0.0927. The third kappa shape index (κ3) is 1.91. The molecule has 1 saturated carbocycles. The van der Waals surface area contributed by atoms with E-state index in [0.29, 0.717) is 6.54 Å². The monoisotopic (exact) mass is 207 g/mol. The Morgan fingerprint density at radius 1 is 1.13 bits per heavy atom. The lowest BCUT2D eigenvalue weighted by molar-refractivity contribution is 0.291. The molecule has 0 heterocycles. The van der Waals surface area contributed by atoms with Gasteiger partial charge in [0.15, 0.2) is 0 Å². The fraction of sp³-hybridized carbons (Fsp3) is 0.538. The quantitative estimate of drug-likeness (QED) is 0.792. The van der Waals surface area contributed by atoms with Crippen LogP contribution in [0.2, 0.25) is 0 Å². The summed E-state index contributed by atoms with van der Waals surface area (Å²) in [5.41, 5.74) is 6.60. The number of nitrogens with two attached hydrogens (primary N) is 1. The van der Waals surface area contributed by atoms with Crippen molar-refractivity contribution in [2.24, 2.45) is 5.73 Å². The van der Waals surface area contributed by atoms with E-state index in [4.69, 9.17) is 5.73 Å². The molecule has 2 rings (SSSR count). The molecule has 2 heteroatoms. The predicted octanol–water partition coefficient (Wildman–Crippen LogP) is 2.99. The molecule has 0 amide bonds. The summed E-state index contributed by atoms with van der Waals surface area (Å²) in [6.07, 6.45) is 5.67. The van der Waals surface area contributed by atoms with Crippen LogP contribution in [0, 0.1) is 5.82 Å². The second kappa shape index (κ2) is 4.31. The Morgan fingerprint density at radius 3 is 2.40 bits per heavy atom. The Labute approximate surface area is 90.5 Å². The van der Waals surface area contributed by atoms with Crippen molar-refractivity contribution in [3.05, 3.63) is 35.6 Å². The van der Waals surface area contributed by atoms with Crippen LogP contribution in [0.1, 0.15) is 37.7 Å². The standard InChI is InChI=1S/C13H18FN/c14-12-7-3-2-6-11(12)13(10-15)8-4-1-5-9-13/h2-3,6-7H,1,4-5,8-10,15H2. The van der Waals surface area contributed by atoms with Gasteiger partial charge in [-0.1, -0.05) is 37.5 Å². The number of benzene rings is 1. The molecule has 0 unspecified atom stereocenters. The van der Waals surface area contributed by atoms with Crippen molar-refractivity contribution >= 4 is 0 Å². The van der Waals surface area contributed by atoms with Crippen molar-refractivity contribution in [3.8, 4) is 0 Å². The van der Waals surface area contributed by atoms with Crippen LogP contribution in [0.5, 0.6) is 0 Å². The average molecular weight is 207 g/mol. The van der Waals surface area contributed by atoms with Gasteiger partial charge < -0.3 is 5.73 Å². The molecule has 0 aliphatic heterocycles. The van der Waals surface area contributed by atoms with Crippen molar-refractivity contribution in [2.75, 3.05) is 6.54 Å². The van der Waals surface area contributed by atoms with Gasteiger partial charge >= 0.3 is 0 Å². The number of rotatable bonds is 2. The maximum absolute atomic E-state index is 13.8. The zero-order chi connectivity index (χ0) is 10.7. The highest BCUT2D eigenvalue weighted by atomic mass is 19.1. The van der Waals surface area contributed by atoms with Crippen LogP contribution in [0.25, 0.3) is 0 Å².